The maximum Gasteiger partial charge on any atom is 0.397 e. The van der Waals surface area contributed by atoms with E-state index in [1.807, 2.05) is 158 Å². The molecule has 0 aliphatic carbocycles. The molecule has 0 aromatic heterocycles. The van der Waals surface area contributed by atoms with Gasteiger partial charge < -0.3 is 28.4 Å². The van der Waals surface area contributed by atoms with Crippen molar-refractivity contribution in [2.75, 3.05) is 0 Å². The smallest absolute Gasteiger partial charge is 0.397 e. The third-order valence-corrected chi connectivity index (χ3v) is 9.41. The van der Waals surface area contributed by atoms with Crippen LogP contribution in [0.25, 0.3) is 0 Å². The normalized spacial score (nSPS) is 11.1. The Morgan fingerprint density at radius 2 is 0.517 bits per heavy atom. The first-order chi connectivity index (χ1) is 29.3. The SMILES string of the molecule is O=S(=O)(O)OCc1cc(OCc2cc(OCc3ccccc3)cc(OCc3ccccc3)c2)cc(OCc2cc(OCc3ccccc3)cc(OCc3ccccc3)c2)c1. The van der Waals surface area contributed by atoms with Gasteiger partial charge in [-0.2, -0.15) is 8.42 Å². The molecule has 10 nitrogen and oxygen atoms in total. The number of hydrogen-bond donors (Lipinski definition) is 1. The standard InChI is InChI=1S/C49H44O10S/c50-60(51,52)59-36-43-25-48(57-34-41-21-44(53-30-37-13-5-1-6-14-37)27-45(22-41)54-31-38-15-7-2-8-16-38)29-49(26-43)58-35-42-23-46(55-32-39-17-9-3-10-18-39)28-47(24-42)56-33-40-19-11-4-12-20-40/h1-29H,30-36H2,(H,50,51,52). The highest BCUT2D eigenvalue weighted by Gasteiger charge is 2.12. The van der Waals surface area contributed by atoms with Crippen molar-refractivity contribution in [3.8, 4) is 34.5 Å². The van der Waals surface area contributed by atoms with Gasteiger partial charge in [-0.15, -0.1) is 0 Å². The van der Waals surface area contributed by atoms with Gasteiger partial charge in [-0.25, -0.2) is 4.18 Å². The van der Waals surface area contributed by atoms with Crippen LogP contribution in [0.15, 0.2) is 176 Å². The molecule has 0 spiro atoms. The summed E-state index contributed by atoms with van der Waals surface area (Å²) in [5.41, 5.74) is 5.99. The summed E-state index contributed by atoms with van der Waals surface area (Å²) in [6, 6.07) is 55.6. The van der Waals surface area contributed by atoms with Crippen molar-refractivity contribution >= 4 is 10.4 Å². The minimum Gasteiger partial charge on any atom is -0.489 e. The van der Waals surface area contributed by atoms with Crippen molar-refractivity contribution in [1.29, 1.82) is 0 Å². The maximum atomic E-state index is 11.5. The summed E-state index contributed by atoms with van der Waals surface area (Å²) in [7, 11) is -4.72. The van der Waals surface area contributed by atoms with Crippen LogP contribution in [0.5, 0.6) is 34.5 Å². The highest BCUT2D eigenvalue weighted by molar-refractivity contribution is 7.80. The Morgan fingerprint density at radius 1 is 0.300 bits per heavy atom. The molecule has 0 saturated carbocycles. The molecule has 7 aromatic carbocycles. The Kier molecular flexibility index (Phi) is 14.3. The third-order valence-electron chi connectivity index (χ3n) is 9.00. The molecule has 0 radical (unpaired) electrons. The summed E-state index contributed by atoms with van der Waals surface area (Å²) in [4.78, 5) is 0. The van der Waals surface area contributed by atoms with Crippen molar-refractivity contribution in [3.05, 3.63) is 215 Å². The Morgan fingerprint density at radius 3 is 0.750 bits per heavy atom. The van der Waals surface area contributed by atoms with Gasteiger partial charge in [-0.1, -0.05) is 121 Å². The van der Waals surface area contributed by atoms with Crippen LogP contribution in [0.2, 0.25) is 0 Å². The quantitative estimate of drug-likeness (QED) is 0.0702. The summed E-state index contributed by atoms with van der Waals surface area (Å²) < 4.78 is 74.4. The van der Waals surface area contributed by atoms with Crippen molar-refractivity contribution in [2.45, 2.75) is 46.2 Å². The molecule has 1 N–H and O–H groups in total. The molecule has 0 aliphatic heterocycles. The Labute approximate surface area is 350 Å². The molecule has 0 aliphatic rings. The number of benzene rings is 7. The van der Waals surface area contributed by atoms with E-state index in [0.717, 1.165) is 33.4 Å². The molecular weight excluding hydrogens is 781 g/mol. The van der Waals surface area contributed by atoms with Gasteiger partial charge >= 0.3 is 10.4 Å². The summed E-state index contributed by atoms with van der Waals surface area (Å²) in [5.74, 6) is 3.15. The fourth-order valence-electron chi connectivity index (χ4n) is 6.08. The Balaban J connectivity index is 1.09. The fraction of sp³-hybridized carbons (Fsp3) is 0.143. The fourth-order valence-corrected chi connectivity index (χ4v) is 6.37. The van der Waals surface area contributed by atoms with Gasteiger partial charge in [0, 0.05) is 18.2 Å². The summed E-state index contributed by atoms with van der Waals surface area (Å²) in [6.45, 7) is 1.22. The van der Waals surface area contributed by atoms with E-state index in [9.17, 15) is 13.0 Å². The van der Waals surface area contributed by atoms with E-state index < -0.39 is 17.0 Å². The second-order valence-electron chi connectivity index (χ2n) is 13.8. The molecular formula is C49H44O10S. The Bertz CT molecular complexity index is 2240. The molecule has 0 saturated heterocycles. The number of ether oxygens (including phenoxy) is 6. The highest BCUT2D eigenvalue weighted by atomic mass is 32.3. The molecule has 306 valence electrons. The molecule has 0 unspecified atom stereocenters. The predicted molar refractivity (Wildman–Crippen MR) is 227 cm³/mol. The third kappa shape index (κ3) is 13.7. The molecule has 0 fully saturated rings. The average molecular weight is 825 g/mol. The maximum absolute atomic E-state index is 11.5. The van der Waals surface area contributed by atoms with Crippen molar-refractivity contribution in [2.24, 2.45) is 0 Å². The molecule has 0 heterocycles. The van der Waals surface area contributed by atoms with Crippen LogP contribution >= 0.6 is 0 Å². The zero-order valence-corrected chi connectivity index (χ0v) is 33.5. The van der Waals surface area contributed by atoms with Gasteiger partial charge in [0.15, 0.2) is 0 Å². The monoisotopic (exact) mass is 824 g/mol. The van der Waals surface area contributed by atoms with Crippen LogP contribution in [-0.4, -0.2) is 13.0 Å². The van der Waals surface area contributed by atoms with Crippen LogP contribution in [0.1, 0.15) is 38.9 Å². The first-order valence-electron chi connectivity index (χ1n) is 19.2. The van der Waals surface area contributed by atoms with E-state index in [1.54, 1.807) is 18.2 Å². The lowest BCUT2D eigenvalue weighted by Gasteiger charge is -2.16. The summed E-state index contributed by atoms with van der Waals surface area (Å²) in [6.07, 6.45) is 0. The summed E-state index contributed by atoms with van der Waals surface area (Å²) >= 11 is 0. The second-order valence-corrected chi connectivity index (χ2v) is 14.9. The predicted octanol–water partition coefficient (Wildman–Crippen LogP) is 10.5. The van der Waals surface area contributed by atoms with Crippen LogP contribution in [0, 0.1) is 0 Å². The van der Waals surface area contributed by atoms with Crippen LogP contribution in [-0.2, 0) is 60.8 Å². The van der Waals surface area contributed by atoms with Gasteiger partial charge in [-0.05, 0) is 75.3 Å². The first-order valence-corrected chi connectivity index (χ1v) is 20.6. The van der Waals surface area contributed by atoms with E-state index in [2.05, 4.69) is 0 Å². The largest absolute Gasteiger partial charge is 0.489 e. The average Bonchev–Trinajstić information content (AvgIpc) is 3.28. The zero-order chi connectivity index (χ0) is 41.4. The second kappa shape index (κ2) is 20.8. The minimum absolute atomic E-state index is 0.106. The number of hydrogen-bond acceptors (Lipinski definition) is 9. The van der Waals surface area contributed by atoms with Crippen LogP contribution < -0.4 is 28.4 Å². The van der Waals surface area contributed by atoms with Crippen LogP contribution in [0.4, 0.5) is 0 Å². The molecule has 7 rings (SSSR count). The lowest BCUT2D eigenvalue weighted by atomic mass is 10.2. The van der Waals surface area contributed by atoms with E-state index in [-0.39, 0.29) is 13.2 Å². The molecule has 0 amide bonds. The molecule has 60 heavy (non-hydrogen) atoms. The van der Waals surface area contributed by atoms with Crippen molar-refractivity contribution < 1.29 is 45.6 Å². The van der Waals surface area contributed by atoms with Gasteiger partial charge in [-0.3, -0.25) is 4.55 Å². The Hall–Kier alpha value is -6.79. The lowest BCUT2D eigenvalue weighted by Crippen LogP contribution is -2.05. The van der Waals surface area contributed by atoms with Crippen LogP contribution in [0.3, 0.4) is 0 Å². The minimum atomic E-state index is -4.72. The molecule has 0 bridgehead atoms. The topological polar surface area (TPSA) is 119 Å². The van der Waals surface area contributed by atoms with Gasteiger partial charge in [0.25, 0.3) is 0 Å². The molecule has 7 aromatic rings. The van der Waals surface area contributed by atoms with Gasteiger partial charge in [0.2, 0.25) is 0 Å². The van der Waals surface area contributed by atoms with E-state index in [4.69, 9.17) is 32.6 Å². The first kappa shape index (κ1) is 41.4. The van der Waals surface area contributed by atoms with Crippen molar-refractivity contribution in [1.82, 2.24) is 0 Å². The van der Waals surface area contributed by atoms with Gasteiger partial charge in [0.1, 0.15) is 74.1 Å². The van der Waals surface area contributed by atoms with E-state index in [1.165, 1.54) is 0 Å². The zero-order valence-electron chi connectivity index (χ0n) is 32.7. The van der Waals surface area contributed by atoms with Gasteiger partial charge in [0.05, 0.1) is 6.61 Å². The highest BCUT2D eigenvalue weighted by Crippen LogP contribution is 2.30. The molecule has 0 atom stereocenters. The number of rotatable bonds is 21. The lowest BCUT2D eigenvalue weighted by molar-refractivity contribution is 0.255. The van der Waals surface area contributed by atoms with E-state index >= 15 is 0 Å². The summed E-state index contributed by atoms with van der Waals surface area (Å²) in [5, 5.41) is 0. The van der Waals surface area contributed by atoms with Crippen molar-refractivity contribution in [3.63, 3.8) is 0 Å². The van der Waals surface area contributed by atoms with E-state index in [0.29, 0.717) is 66.5 Å². The molecule has 11 heteroatoms.